The molecular weight excluding hydrogens is 240 g/mol. The van der Waals surface area contributed by atoms with Crippen molar-refractivity contribution in [2.45, 2.75) is 6.92 Å². The van der Waals surface area contributed by atoms with Crippen LogP contribution in [0, 0.1) is 0 Å². The van der Waals surface area contributed by atoms with Gasteiger partial charge in [-0.2, -0.15) is 0 Å². The van der Waals surface area contributed by atoms with Crippen molar-refractivity contribution in [3.8, 4) is 0 Å². The van der Waals surface area contributed by atoms with Gasteiger partial charge in [-0.05, 0) is 12.5 Å². The molecule has 14 heavy (non-hydrogen) atoms. The molecule has 1 aromatic rings. The molecule has 1 nitrogen and oxygen atoms in total. The van der Waals surface area contributed by atoms with Gasteiger partial charge in [0.1, 0.15) is 0 Å². The van der Waals surface area contributed by atoms with Crippen LogP contribution >= 0.6 is 15.9 Å². The highest BCUT2D eigenvalue weighted by molar-refractivity contribution is 9.12. The summed E-state index contributed by atoms with van der Waals surface area (Å²) in [5.41, 5.74) is 3.47. The Morgan fingerprint density at radius 3 is 2.43 bits per heavy atom. The first kappa shape index (κ1) is 9.41. The Morgan fingerprint density at radius 2 is 1.86 bits per heavy atom. The van der Waals surface area contributed by atoms with Crippen molar-refractivity contribution in [1.29, 1.82) is 0 Å². The number of allylic oxidation sites excluding steroid dienone is 3. The minimum absolute atomic E-state index is 0.108. The average molecular weight is 249 g/mol. The Labute approximate surface area is 91.3 Å². The predicted molar refractivity (Wildman–Crippen MR) is 61.4 cm³/mol. The van der Waals surface area contributed by atoms with Crippen molar-refractivity contribution in [3.05, 3.63) is 52.0 Å². The van der Waals surface area contributed by atoms with E-state index >= 15 is 0 Å². The summed E-state index contributed by atoms with van der Waals surface area (Å²) >= 11 is 3.33. The summed E-state index contributed by atoms with van der Waals surface area (Å²) < 4.78 is 0.772. The lowest BCUT2D eigenvalue weighted by Crippen LogP contribution is -1.94. The van der Waals surface area contributed by atoms with Crippen LogP contribution in [0.25, 0.3) is 5.57 Å². The van der Waals surface area contributed by atoms with E-state index in [1.54, 1.807) is 0 Å². The van der Waals surface area contributed by atoms with E-state index in [2.05, 4.69) is 22.5 Å². The van der Waals surface area contributed by atoms with Crippen LogP contribution < -0.4 is 0 Å². The van der Waals surface area contributed by atoms with Gasteiger partial charge in [0, 0.05) is 21.2 Å². The smallest absolute Gasteiger partial charge is 0.190 e. The standard InChI is InChI=1S/C12H9BrO/c1-7-11(8(2)13)9-5-3-4-6-10(9)12(7)14/h3-6H,2H2,1H3. The van der Waals surface area contributed by atoms with E-state index in [9.17, 15) is 4.79 Å². The molecule has 2 heteroatoms. The van der Waals surface area contributed by atoms with Gasteiger partial charge in [0.25, 0.3) is 0 Å². The first-order valence-corrected chi connectivity index (χ1v) is 5.12. The topological polar surface area (TPSA) is 17.1 Å². The molecule has 1 aromatic carbocycles. The van der Waals surface area contributed by atoms with Crippen molar-refractivity contribution in [3.63, 3.8) is 0 Å². The molecule has 0 amide bonds. The third-order valence-corrected chi connectivity index (χ3v) is 2.82. The summed E-state index contributed by atoms with van der Waals surface area (Å²) in [4.78, 5) is 11.8. The van der Waals surface area contributed by atoms with E-state index in [1.165, 1.54) is 0 Å². The molecule has 0 saturated heterocycles. The maximum atomic E-state index is 11.8. The quantitative estimate of drug-likeness (QED) is 0.743. The van der Waals surface area contributed by atoms with Crippen LogP contribution in [0.3, 0.4) is 0 Å². The fourth-order valence-corrected chi connectivity index (χ4v) is 2.28. The lowest BCUT2D eigenvalue weighted by molar-refractivity contribution is 0.103. The molecule has 2 rings (SSSR count). The molecular formula is C12H9BrO. The number of rotatable bonds is 1. The normalized spacial score (nSPS) is 14.6. The maximum Gasteiger partial charge on any atom is 0.190 e. The Hall–Kier alpha value is -1.15. The van der Waals surface area contributed by atoms with Crippen molar-refractivity contribution >= 4 is 27.3 Å². The van der Waals surface area contributed by atoms with Gasteiger partial charge < -0.3 is 0 Å². The number of hydrogen-bond acceptors (Lipinski definition) is 1. The lowest BCUT2D eigenvalue weighted by Gasteiger charge is -2.02. The second-order valence-corrected chi connectivity index (χ2v) is 4.24. The third-order valence-electron chi connectivity index (χ3n) is 2.43. The molecule has 0 N–H and O–H groups in total. The number of Topliss-reactive ketones (excluding diaryl/α,β-unsaturated/α-hetero) is 1. The Morgan fingerprint density at radius 1 is 1.29 bits per heavy atom. The van der Waals surface area contributed by atoms with Crippen LogP contribution in [0.15, 0.2) is 40.9 Å². The van der Waals surface area contributed by atoms with Crippen LogP contribution in [-0.4, -0.2) is 5.78 Å². The van der Waals surface area contributed by atoms with Crippen molar-refractivity contribution in [1.82, 2.24) is 0 Å². The third kappa shape index (κ3) is 1.18. The van der Waals surface area contributed by atoms with Gasteiger partial charge in [-0.15, -0.1) is 0 Å². The first-order valence-electron chi connectivity index (χ1n) is 4.32. The number of carbonyl (C=O) groups is 1. The number of hydrogen-bond donors (Lipinski definition) is 0. The van der Waals surface area contributed by atoms with Crippen LogP contribution in [0.5, 0.6) is 0 Å². The molecule has 0 heterocycles. The zero-order chi connectivity index (χ0) is 10.3. The molecule has 1 aliphatic carbocycles. The van der Waals surface area contributed by atoms with E-state index in [0.717, 1.165) is 26.8 Å². The molecule has 0 saturated carbocycles. The molecule has 0 aliphatic heterocycles. The molecule has 0 radical (unpaired) electrons. The van der Waals surface area contributed by atoms with Gasteiger partial charge in [-0.1, -0.05) is 46.8 Å². The fraction of sp³-hybridized carbons (Fsp3) is 0.0833. The van der Waals surface area contributed by atoms with Gasteiger partial charge in [0.2, 0.25) is 0 Å². The Bertz CT molecular complexity index is 469. The van der Waals surface area contributed by atoms with Gasteiger partial charge >= 0.3 is 0 Å². The summed E-state index contributed by atoms with van der Waals surface area (Å²) in [7, 11) is 0. The van der Waals surface area contributed by atoms with E-state index in [0.29, 0.717) is 0 Å². The van der Waals surface area contributed by atoms with Crippen LogP contribution in [0.1, 0.15) is 22.8 Å². The first-order chi connectivity index (χ1) is 6.63. The SMILES string of the molecule is C=C(Br)C1=C(C)C(=O)c2ccccc21. The fourth-order valence-electron chi connectivity index (χ4n) is 1.77. The maximum absolute atomic E-state index is 11.8. The molecule has 0 fully saturated rings. The summed E-state index contributed by atoms with van der Waals surface area (Å²) in [6.45, 7) is 5.66. The van der Waals surface area contributed by atoms with Crippen molar-refractivity contribution < 1.29 is 4.79 Å². The Balaban J connectivity index is 2.73. The molecule has 0 bridgehead atoms. The van der Waals surface area contributed by atoms with E-state index in [-0.39, 0.29) is 5.78 Å². The summed E-state index contributed by atoms with van der Waals surface area (Å²) in [6, 6.07) is 7.61. The zero-order valence-electron chi connectivity index (χ0n) is 7.80. The summed E-state index contributed by atoms with van der Waals surface area (Å²) in [5.74, 6) is 0.108. The van der Waals surface area contributed by atoms with E-state index < -0.39 is 0 Å². The number of halogens is 1. The number of carbonyl (C=O) groups excluding carboxylic acids is 1. The Kier molecular flexibility index (Phi) is 2.16. The van der Waals surface area contributed by atoms with Crippen LogP contribution in [0.2, 0.25) is 0 Å². The highest BCUT2D eigenvalue weighted by Gasteiger charge is 2.26. The van der Waals surface area contributed by atoms with Gasteiger partial charge in [0.05, 0.1) is 0 Å². The number of benzene rings is 1. The van der Waals surface area contributed by atoms with Gasteiger partial charge in [-0.25, -0.2) is 0 Å². The zero-order valence-corrected chi connectivity index (χ0v) is 9.39. The summed E-state index contributed by atoms with van der Waals surface area (Å²) in [5, 5.41) is 0. The molecule has 0 atom stereocenters. The van der Waals surface area contributed by atoms with Crippen molar-refractivity contribution in [2.24, 2.45) is 0 Å². The highest BCUT2D eigenvalue weighted by atomic mass is 79.9. The largest absolute Gasteiger partial charge is 0.289 e. The highest BCUT2D eigenvalue weighted by Crippen LogP contribution is 2.38. The van der Waals surface area contributed by atoms with Crippen LogP contribution in [-0.2, 0) is 0 Å². The van der Waals surface area contributed by atoms with Crippen molar-refractivity contribution in [2.75, 3.05) is 0 Å². The van der Waals surface area contributed by atoms with Gasteiger partial charge in [0.15, 0.2) is 5.78 Å². The minimum Gasteiger partial charge on any atom is -0.289 e. The molecule has 0 spiro atoms. The van der Waals surface area contributed by atoms with Crippen LogP contribution in [0.4, 0.5) is 0 Å². The van der Waals surface area contributed by atoms with E-state index in [4.69, 9.17) is 0 Å². The second-order valence-electron chi connectivity index (χ2n) is 3.28. The monoisotopic (exact) mass is 248 g/mol. The van der Waals surface area contributed by atoms with E-state index in [1.807, 2.05) is 31.2 Å². The lowest BCUT2D eigenvalue weighted by atomic mass is 10.1. The molecule has 1 aliphatic rings. The predicted octanol–water partition coefficient (Wildman–Crippen LogP) is 3.57. The van der Waals surface area contributed by atoms with Gasteiger partial charge in [-0.3, -0.25) is 4.79 Å². The molecule has 0 unspecified atom stereocenters. The average Bonchev–Trinajstić information content (AvgIpc) is 2.41. The number of ketones is 1. The molecule has 70 valence electrons. The minimum atomic E-state index is 0.108. The number of fused-ring (bicyclic) bond motifs is 1. The second kappa shape index (κ2) is 3.21. The molecule has 0 aromatic heterocycles. The summed E-state index contributed by atoms with van der Waals surface area (Å²) in [6.07, 6.45) is 0.